The fourth-order valence-corrected chi connectivity index (χ4v) is 1.84. The lowest BCUT2D eigenvalue weighted by molar-refractivity contribution is 0.122. The fraction of sp³-hybridized carbons (Fsp3) is 0.750. The van der Waals surface area contributed by atoms with Crippen molar-refractivity contribution in [2.75, 3.05) is 68.6 Å². The first-order valence-electron chi connectivity index (χ1n) is 6.91. The zero-order valence-electron chi connectivity index (χ0n) is 12.1. The van der Waals surface area contributed by atoms with E-state index in [4.69, 9.17) is 9.47 Å². The Bertz CT molecular complexity index is 411. The minimum Gasteiger partial charge on any atom is -0.380 e. The molecule has 2 rings (SSSR count). The fourth-order valence-electron chi connectivity index (χ4n) is 1.84. The summed E-state index contributed by atoms with van der Waals surface area (Å²) in [5.41, 5.74) is 0. The number of ether oxygens (including phenoxy) is 2. The van der Waals surface area contributed by atoms with Crippen molar-refractivity contribution in [3.05, 3.63) is 0 Å². The monoisotopic (exact) mass is 282 g/mol. The number of nitrogens with zero attached hydrogens (tertiary/aromatic N) is 4. The molecule has 1 fully saturated rings. The topological polar surface area (TPSA) is 84.4 Å². The van der Waals surface area contributed by atoms with Gasteiger partial charge in [0, 0.05) is 33.3 Å². The first kappa shape index (κ1) is 14.7. The molecule has 0 aromatic carbocycles. The van der Waals surface area contributed by atoms with Crippen molar-refractivity contribution in [3.63, 3.8) is 0 Å². The molecule has 0 radical (unpaired) electrons. The Morgan fingerprint density at radius 1 is 1.20 bits per heavy atom. The van der Waals surface area contributed by atoms with Crippen LogP contribution in [0.2, 0.25) is 0 Å². The van der Waals surface area contributed by atoms with Gasteiger partial charge in [-0.25, -0.2) is 0 Å². The molecule has 112 valence electrons. The van der Waals surface area contributed by atoms with E-state index < -0.39 is 0 Å². The van der Waals surface area contributed by atoms with Crippen LogP contribution >= 0.6 is 0 Å². The summed E-state index contributed by atoms with van der Waals surface area (Å²) in [6.07, 6.45) is 0. The normalized spacial score (nSPS) is 15.2. The van der Waals surface area contributed by atoms with Crippen LogP contribution in [0.5, 0.6) is 0 Å². The second-order valence-electron chi connectivity index (χ2n) is 4.26. The number of rotatable bonds is 7. The van der Waals surface area contributed by atoms with E-state index in [2.05, 4.69) is 30.5 Å². The predicted octanol–water partition coefficient (Wildman–Crippen LogP) is 0.198. The number of nitrogens with one attached hydrogen (secondary N) is 2. The predicted molar refractivity (Wildman–Crippen MR) is 77.4 cm³/mol. The zero-order chi connectivity index (χ0) is 14.2. The van der Waals surface area contributed by atoms with Gasteiger partial charge in [0.05, 0.1) is 19.8 Å². The molecule has 2 heterocycles. The molecule has 0 amide bonds. The van der Waals surface area contributed by atoms with Gasteiger partial charge in [-0.2, -0.15) is 15.0 Å². The van der Waals surface area contributed by atoms with E-state index in [9.17, 15) is 0 Å². The maximum atomic E-state index is 5.34. The first-order chi connectivity index (χ1) is 9.83. The summed E-state index contributed by atoms with van der Waals surface area (Å²) in [7, 11) is 1.79. The molecule has 1 aromatic rings. The van der Waals surface area contributed by atoms with Crippen molar-refractivity contribution < 1.29 is 9.47 Å². The molecule has 0 aliphatic carbocycles. The van der Waals surface area contributed by atoms with Crippen molar-refractivity contribution in [1.82, 2.24) is 15.0 Å². The number of hydrogen-bond acceptors (Lipinski definition) is 8. The van der Waals surface area contributed by atoms with Gasteiger partial charge in [-0.3, -0.25) is 0 Å². The smallest absolute Gasteiger partial charge is 0.232 e. The third kappa shape index (κ3) is 4.17. The minimum absolute atomic E-state index is 0.556. The summed E-state index contributed by atoms with van der Waals surface area (Å²) in [5.74, 6) is 1.79. The van der Waals surface area contributed by atoms with Crippen LogP contribution in [0.3, 0.4) is 0 Å². The van der Waals surface area contributed by atoms with Crippen LogP contribution in [0, 0.1) is 0 Å². The van der Waals surface area contributed by atoms with Gasteiger partial charge in [-0.1, -0.05) is 0 Å². The van der Waals surface area contributed by atoms with Gasteiger partial charge < -0.3 is 25.0 Å². The van der Waals surface area contributed by atoms with Crippen molar-refractivity contribution in [1.29, 1.82) is 0 Å². The summed E-state index contributed by atoms with van der Waals surface area (Å²) in [6.45, 7) is 6.98. The Hall–Kier alpha value is -1.67. The van der Waals surface area contributed by atoms with E-state index in [0.29, 0.717) is 50.8 Å². The second kappa shape index (κ2) is 7.81. The van der Waals surface area contributed by atoms with Crippen molar-refractivity contribution >= 4 is 17.8 Å². The van der Waals surface area contributed by atoms with E-state index in [1.165, 1.54) is 0 Å². The standard InChI is InChI=1S/C12H22N6O2/c1-3-19-7-4-14-11-15-10(13-2)16-12(17-11)18-5-8-20-9-6-18/h3-9H2,1-2H3,(H2,13,14,15,16,17). The van der Waals surface area contributed by atoms with E-state index in [-0.39, 0.29) is 0 Å². The highest BCUT2D eigenvalue weighted by atomic mass is 16.5. The van der Waals surface area contributed by atoms with Crippen LogP contribution in [-0.2, 0) is 9.47 Å². The molecule has 0 atom stereocenters. The number of anilines is 3. The molecule has 0 bridgehead atoms. The third-order valence-electron chi connectivity index (χ3n) is 2.87. The lowest BCUT2D eigenvalue weighted by atomic mass is 10.4. The largest absolute Gasteiger partial charge is 0.380 e. The van der Waals surface area contributed by atoms with Gasteiger partial charge in [0.1, 0.15) is 0 Å². The van der Waals surface area contributed by atoms with Gasteiger partial charge in [-0.15, -0.1) is 0 Å². The molecule has 1 aliphatic rings. The van der Waals surface area contributed by atoms with Gasteiger partial charge in [-0.05, 0) is 6.92 Å². The summed E-state index contributed by atoms with van der Waals surface area (Å²) < 4.78 is 10.6. The molecule has 0 saturated carbocycles. The number of morpholine rings is 1. The summed E-state index contributed by atoms with van der Waals surface area (Å²) in [5, 5.41) is 6.11. The molecular weight excluding hydrogens is 260 g/mol. The lowest BCUT2D eigenvalue weighted by Gasteiger charge is -2.27. The molecule has 1 aliphatic heterocycles. The SMILES string of the molecule is CCOCCNc1nc(NC)nc(N2CCOCC2)n1. The second-order valence-corrected chi connectivity index (χ2v) is 4.26. The summed E-state index contributed by atoms with van der Waals surface area (Å²) in [6, 6.07) is 0. The summed E-state index contributed by atoms with van der Waals surface area (Å²) in [4.78, 5) is 15.2. The van der Waals surface area contributed by atoms with E-state index in [1.807, 2.05) is 6.92 Å². The average molecular weight is 282 g/mol. The quantitative estimate of drug-likeness (QED) is 0.686. The summed E-state index contributed by atoms with van der Waals surface area (Å²) >= 11 is 0. The van der Waals surface area contributed by atoms with Gasteiger partial charge in [0.2, 0.25) is 17.8 Å². The van der Waals surface area contributed by atoms with Crippen LogP contribution in [0.1, 0.15) is 6.92 Å². The van der Waals surface area contributed by atoms with E-state index >= 15 is 0 Å². The van der Waals surface area contributed by atoms with Crippen LogP contribution in [-0.4, -0.2) is 68.1 Å². The molecule has 8 nitrogen and oxygen atoms in total. The van der Waals surface area contributed by atoms with Crippen LogP contribution < -0.4 is 15.5 Å². The van der Waals surface area contributed by atoms with Gasteiger partial charge in [0.15, 0.2) is 0 Å². The van der Waals surface area contributed by atoms with E-state index in [1.54, 1.807) is 7.05 Å². The Kier molecular flexibility index (Phi) is 5.75. The van der Waals surface area contributed by atoms with Crippen molar-refractivity contribution in [3.8, 4) is 0 Å². The Balaban J connectivity index is 2.03. The number of hydrogen-bond donors (Lipinski definition) is 2. The van der Waals surface area contributed by atoms with Gasteiger partial charge in [0.25, 0.3) is 0 Å². The van der Waals surface area contributed by atoms with Crippen LogP contribution in [0.15, 0.2) is 0 Å². The zero-order valence-corrected chi connectivity index (χ0v) is 12.1. The van der Waals surface area contributed by atoms with Crippen molar-refractivity contribution in [2.24, 2.45) is 0 Å². The highest BCUT2D eigenvalue weighted by molar-refractivity contribution is 5.43. The molecule has 2 N–H and O–H groups in total. The first-order valence-corrected chi connectivity index (χ1v) is 6.91. The Morgan fingerprint density at radius 3 is 2.65 bits per heavy atom. The molecule has 0 spiro atoms. The highest BCUT2D eigenvalue weighted by Gasteiger charge is 2.16. The molecule has 20 heavy (non-hydrogen) atoms. The minimum atomic E-state index is 0.556. The van der Waals surface area contributed by atoms with E-state index in [0.717, 1.165) is 13.1 Å². The van der Waals surface area contributed by atoms with Crippen molar-refractivity contribution in [2.45, 2.75) is 6.92 Å². The maximum absolute atomic E-state index is 5.34. The number of aromatic nitrogens is 3. The molecule has 1 aromatic heterocycles. The Labute approximate surface area is 118 Å². The van der Waals surface area contributed by atoms with Crippen LogP contribution in [0.25, 0.3) is 0 Å². The molecule has 8 heteroatoms. The molecule has 0 unspecified atom stereocenters. The lowest BCUT2D eigenvalue weighted by Crippen LogP contribution is -2.37. The maximum Gasteiger partial charge on any atom is 0.232 e. The Morgan fingerprint density at radius 2 is 1.95 bits per heavy atom. The van der Waals surface area contributed by atoms with Crippen LogP contribution in [0.4, 0.5) is 17.8 Å². The highest BCUT2D eigenvalue weighted by Crippen LogP contribution is 2.14. The molecule has 1 saturated heterocycles. The average Bonchev–Trinajstić information content (AvgIpc) is 2.52. The van der Waals surface area contributed by atoms with Gasteiger partial charge >= 0.3 is 0 Å². The molecular formula is C12H22N6O2. The third-order valence-corrected chi connectivity index (χ3v) is 2.87.